The van der Waals surface area contributed by atoms with Crippen molar-refractivity contribution in [1.82, 2.24) is 30.3 Å². The van der Waals surface area contributed by atoms with E-state index in [0.717, 1.165) is 24.2 Å². The standard InChI is InChI=1S/C18H26N6O/c1-15(23-8-2-3-9-23)10-20-18(25)21-11-16-4-6-17(7-5-16)12-24-14-19-13-22-24/h4-7,13-15H,2-3,8-12H2,1H3,(H2,20,21,25)/t15-/m0/s1. The van der Waals surface area contributed by atoms with Crippen molar-refractivity contribution in [3.63, 3.8) is 0 Å². The zero-order valence-electron chi connectivity index (χ0n) is 14.7. The Hall–Kier alpha value is -2.41. The summed E-state index contributed by atoms with van der Waals surface area (Å²) >= 11 is 0. The van der Waals surface area contributed by atoms with Gasteiger partial charge in [0.1, 0.15) is 12.7 Å². The molecule has 1 saturated heterocycles. The predicted molar refractivity (Wildman–Crippen MR) is 96.1 cm³/mol. The molecule has 1 fully saturated rings. The second-order valence-electron chi connectivity index (χ2n) is 6.57. The van der Waals surface area contributed by atoms with Crippen LogP contribution < -0.4 is 10.6 Å². The van der Waals surface area contributed by atoms with Crippen LogP contribution in [-0.4, -0.2) is 51.4 Å². The zero-order valence-corrected chi connectivity index (χ0v) is 14.7. The van der Waals surface area contributed by atoms with Gasteiger partial charge in [-0.3, -0.25) is 4.90 Å². The summed E-state index contributed by atoms with van der Waals surface area (Å²) in [5, 5.41) is 9.97. The number of hydrogen-bond donors (Lipinski definition) is 2. The van der Waals surface area contributed by atoms with Crippen molar-refractivity contribution in [1.29, 1.82) is 0 Å². The first-order chi connectivity index (χ1) is 12.2. The molecule has 0 spiro atoms. The molecular weight excluding hydrogens is 316 g/mol. The van der Waals surface area contributed by atoms with E-state index in [2.05, 4.69) is 32.5 Å². The molecule has 0 aliphatic carbocycles. The fourth-order valence-electron chi connectivity index (χ4n) is 3.06. The van der Waals surface area contributed by atoms with Gasteiger partial charge < -0.3 is 10.6 Å². The third kappa shape index (κ3) is 5.29. The fourth-order valence-corrected chi connectivity index (χ4v) is 3.06. The molecule has 7 nitrogen and oxygen atoms in total. The second kappa shape index (κ2) is 8.62. The van der Waals surface area contributed by atoms with Crippen LogP contribution in [0.1, 0.15) is 30.9 Å². The van der Waals surface area contributed by atoms with E-state index < -0.39 is 0 Å². The van der Waals surface area contributed by atoms with Crippen molar-refractivity contribution in [2.75, 3.05) is 19.6 Å². The van der Waals surface area contributed by atoms with Crippen molar-refractivity contribution >= 4 is 6.03 Å². The van der Waals surface area contributed by atoms with E-state index >= 15 is 0 Å². The van der Waals surface area contributed by atoms with E-state index in [4.69, 9.17) is 0 Å². The number of hydrogen-bond acceptors (Lipinski definition) is 4. The summed E-state index contributed by atoms with van der Waals surface area (Å²) in [5.41, 5.74) is 2.23. The summed E-state index contributed by atoms with van der Waals surface area (Å²) < 4.78 is 1.78. The Morgan fingerprint density at radius 3 is 2.56 bits per heavy atom. The van der Waals surface area contributed by atoms with Crippen molar-refractivity contribution in [2.24, 2.45) is 0 Å². The smallest absolute Gasteiger partial charge is 0.315 e. The number of amides is 2. The van der Waals surface area contributed by atoms with Gasteiger partial charge in [0.2, 0.25) is 0 Å². The lowest BCUT2D eigenvalue weighted by molar-refractivity contribution is 0.226. The highest BCUT2D eigenvalue weighted by Crippen LogP contribution is 2.10. The monoisotopic (exact) mass is 342 g/mol. The highest BCUT2D eigenvalue weighted by molar-refractivity contribution is 5.73. The normalized spacial score (nSPS) is 15.9. The van der Waals surface area contributed by atoms with Gasteiger partial charge in [0.05, 0.1) is 6.54 Å². The third-order valence-electron chi connectivity index (χ3n) is 4.61. The van der Waals surface area contributed by atoms with Crippen molar-refractivity contribution in [3.05, 3.63) is 48.0 Å². The molecule has 2 aromatic rings. The van der Waals surface area contributed by atoms with Crippen LogP contribution in [0, 0.1) is 0 Å². The lowest BCUT2D eigenvalue weighted by Crippen LogP contribution is -2.44. The maximum absolute atomic E-state index is 12.0. The van der Waals surface area contributed by atoms with Gasteiger partial charge in [-0.05, 0) is 44.0 Å². The molecular formula is C18H26N6O. The van der Waals surface area contributed by atoms with Crippen molar-refractivity contribution in [2.45, 2.75) is 38.9 Å². The molecule has 134 valence electrons. The Morgan fingerprint density at radius 1 is 1.16 bits per heavy atom. The number of carbonyl (C=O) groups excluding carboxylic acids is 1. The number of urea groups is 1. The van der Waals surface area contributed by atoms with Gasteiger partial charge in [-0.1, -0.05) is 24.3 Å². The number of nitrogens with zero attached hydrogens (tertiary/aromatic N) is 4. The van der Waals surface area contributed by atoms with Crippen molar-refractivity contribution in [3.8, 4) is 0 Å². The Morgan fingerprint density at radius 2 is 1.88 bits per heavy atom. The molecule has 0 radical (unpaired) electrons. The molecule has 0 unspecified atom stereocenters. The van der Waals surface area contributed by atoms with Gasteiger partial charge in [0.15, 0.2) is 0 Å². The predicted octanol–water partition coefficient (Wildman–Crippen LogP) is 1.61. The van der Waals surface area contributed by atoms with Crippen LogP contribution >= 0.6 is 0 Å². The largest absolute Gasteiger partial charge is 0.337 e. The highest BCUT2D eigenvalue weighted by Gasteiger charge is 2.18. The highest BCUT2D eigenvalue weighted by atomic mass is 16.2. The Bertz CT molecular complexity index is 649. The number of benzene rings is 1. The fraction of sp³-hybridized carbons (Fsp3) is 0.500. The Balaban J connectivity index is 1.38. The number of aromatic nitrogens is 3. The number of nitrogens with one attached hydrogen (secondary N) is 2. The van der Waals surface area contributed by atoms with E-state index in [9.17, 15) is 4.79 Å². The van der Waals surface area contributed by atoms with E-state index in [1.165, 1.54) is 19.2 Å². The molecule has 25 heavy (non-hydrogen) atoms. The maximum atomic E-state index is 12.0. The Labute approximate surface area is 148 Å². The number of rotatable bonds is 7. The van der Waals surface area contributed by atoms with Crippen LogP contribution in [-0.2, 0) is 13.1 Å². The molecule has 1 aromatic carbocycles. The van der Waals surface area contributed by atoms with Crippen LogP contribution in [0.3, 0.4) is 0 Å². The maximum Gasteiger partial charge on any atom is 0.315 e. The topological polar surface area (TPSA) is 75.1 Å². The van der Waals surface area contributed by atoms with E-state index in [-0.39, 0.29) is 6.03 Å². The molecule has 1 aliphatic rings. The zero-order chi connectivity index (χ0) is 17.5. The molecule has 3 rings (SSSR count). The summed E-state index contributed by atoms with van der Waals surface area (Å²) in [6, 6.07) is 8.43. The van der Waals surface area contributed by atoms with Crippen LogP contribution in [0.4, 0.5) is 4.79 Å². The summed E-state index contributed by atoms with van der Waals surface area (Å²) in [4.78, 5) is 18.3. The number of carbonyl (C=O) groups is 1. The minimum atomic E-state index is -0.113. The first-order valence-electron chi connectivity index (χ1n) is 8.86. The van der Waals surface area contributed by atoms with Crippen molar-refractivity contribution < 1.29 is 4.79 Å². The molecule has 2 N–H and O–H groups in total. The van der Waals surface area contributed by atoms with Gasteiger partial charge in [0.25, 0.3) is 0 Å². The molecule has 0 saturated carbocycles. The SMILES string of the molecule is C[C@@H](CNC(=O)NCc1ccc(Cn2cncn2)cc1)N1CCCC1. The van der Waals surface area contributed by atoms with E-state index in [1.807, 2.05) is 24.3 Å². The van der Waals surface area contributed by atoms with E-state index in [0.29, 0.717) is 25.7 Å². The second-order valence-corrected chi connectivity index (χ2v) is 6.57. The van der Waals surface area contributed by atoms with Crippen LogP contribution in [0.25, 0.3) is 0 Å². The molecule has 1 atom stereocenters. The lowest BCUT2D eigenvalue weighted by atomic mass is 10.1. The van der Waals surface area contributed by atoms with Crippen LogP contribution in [0.15, 0.2) is 36.9 Å². The van der Waals surface area contributed by atoms with Gasteiger partial charge in [-0.15, -0.1) is 0 Å². The average molecular weight is 342 g/mol. The summed E-state index contributed by atoms with van der Waals surface area (Å²) in [7, 11) is 0. The van der Waals surface area contributed by atoms with E-state index in [1.54, 1.807) is 11.0 Å². The van der Waals surface area contributed by atoms with Gasteiger partial charge >= 0.3 is 6.03 Å². The van der Waals surface area contributed by atoms with Gasteiger partial charge in [-0.2, -0.15) is 5.10 Å². The van der Waals surface area contributed by atoms with Gasteiger partial charge in [-0.25, -0.2) is 14.5 Å². The summed E-state index contributed by atoms with van der Waals surface area (Å²) in [6.07, 6.45) is 5.76. The van der Waals surface area contributed by atoms with Gasteiger partial charge in [0, 0.05) is 19.1 Å². The number of likely N-dealkylation sites (tertiary alicyclic amines) is 1. The minimum Gasteiger partial charge on any atom is -0.337 e. The molecule has 0 bridgehead atoms. The Kier molecular flexibility index (Phi) is 6.00. The molecule has 7 heteroatoms. The average Bonchev–Trinajstić information content (AvgIpc) is 3.33. The quantitative estimate of drug-likeness (QED) is 0.802. The molecule has 2 heterocycles. The first-order valence-corrected chi connectivity index (χ1v) is 8.86. The van der Waals surface area contributed by atoms with Crippen LogP contribution in [0.5, 0.6) is 0 Å². The molecule has 1 aliphatic heterocycles. The summed E-state index contributed by atoms with van der Waals surface area (Å²) in [5.74, 6) is 0. The lowest BCUT2D eigenvalue weighted by Gasteiger charge is -2.23. The molecule has 2 amide bonds. The minimum absolute atomic E-state index is 0.113. The molecule has 1 aromatic heterocycles. The first kappa shape index (κ1) is 17.4. The summed E-state index contributed by atoms with van der Waals surface area (Å²) in [6.45, 7) is 6.36. The van der Waals surface area contributed by atoms with Crippen LogP contribution in [0.2, 0.25) is 0 Å². The third-order valence-corrected chi connectivity index (χ3v) is 4.61.